The second-order valence-electron chi connectivity index (χ2n) is 35.2. The van der Waals surface area contributed by atoms with Gasteiger partial charge in [0.05, 0.1) is 84.2 Å². The number of hydrogen-bond donors (Lipinski definition) is 0. The molecule has 5 aliphatic rings. The Bertz CT molecular complexity index is 5100. The van der Waals surface area contributed by atoms with Gasteiger partial charge in [-0.2, -0.15) is 0 Å². The van der Waals surface area contributed by atoms with E-state index in [2.05, 4.69) is 45.0 Å². The van der Waals surface area contributed by atoms with Crippen LogP contribution in [0.1, 0.15) is 136 Å². The summed E-state index contributed by atoms with van der Waals surface area (Å²) in [7, 11) is -2.34. The third-order valence-corrected chi connectivity index (χ3v) is 29.6. The molecule has 25 heteroatoms. The van der Waals surface area contributed by atoms with E-state index in [-0.39, 0.29) is 96.0 Å². The average Bonchev–Trinajstić information content (AvgIpc) is 0.745. The summed E-state index contributed by atoms with van der Waals surface area (Å²) in [5, 5.41) is 1.14. The second kappa shape index (κ2) is 48.3. The van der Waals surface area contributed by atoms with Crippen molar-refractivity contribution in [3.05, 3.63) is 348 Å². The zero-order valence-electron chi connectivity index (χ0n) is 76.4. The van der Waals surface area contributed by atoms with Gasteiger partial charge in [0.2, 0.25) is 0 Å². The van der Waals surface area contributed by atoms with Gasteiger partial charge in [-0.25, -0.2) is 4.79 Å². The molecule has 0 bridgehead atoms. The van der Waals surface area contributed by atoms with Crippen molar-refractivity contribution < 1.29 is 114 Å². The number of rotatable bonds is 43. The minimum atomic E-state index is -3.70. The second-order valence-corrected chi connectivity index (χ2v) is 39.5. The molecule has 10 aromatic rings. The fourth-order valence-corrected chi connectivity index (χ4v) is 22.4. The summed E-state index contributed by atoms with van der Waals surface area (Å²) in [6, 6.07) is 96.5. The summed E-state index contributed by atoms with van der Waals surface area (Å²) >= 11 is 0. The Morgan fingerprint density at radius 3 is 1.20 bits per heavy atom. The maximum atomic E-state index is 16.1. The lowest BCUT2D eigenvalue weighted by Crippen LogP contribution is -2.71. The molecular formula is C108H122O24Si. The van der Waals surface area contributed by atoms with Gasteiger partial charge in [0.25, 0.3) is 8.32 Å². The lowest BCUT2D eigenvalue weighted by molar-refractivity contribution is -0.420. The van der Waals surface area contributed by atoms with Gasteiger partial charge in [0.1, 0.15) is 79.0 Å². The molecule has 10 aromatic carbocycles. The Hall–Kier alpha value is -10.2. The lowest BCUT2D eigenvalue weighted by atomic mass is 9.94. The van der Waals surface area contributed by atoms with Gasteiger partial charge in [-0.05, 0) is 94.5 Å². The zero-order chi connectivity index (χ0) is 92.3. The van der Waals surface area contributed by atoms with Crippen LogP contribution in [0.25, 0.3) is 0 Å². The van der Waals surface area contributed by atoms with Crippen LogP contribution in [0.4, 0.5) is 0 Å². The van der Waals surface area contributed by atoms with Gasteiger partial charge >= 0.3 is 17.9 Å². The van der Waals surface area contributed by atoms with Crippen molar-refractivity contribution in [2.24, 2.45) is 0 Å². The van der Waals surface area contributed by atoms with E-state index in [1.807, 2.05) is 263 Å². The Morgan fingerprint density at radius 1 is 0.361 bits per heavy atom. The Balaban J connectivity index is 0.928. The number of benzene rings is 10. The first-order valence-electron chi connectivity index (χ1n) is 46.1. The van der Waals surface area contributed by atoms with Crippen molar-refractivity contribution >= 4 is 42.4 Å². The lowest BCUT2D eigenvalue weighted by Gasteiger charge is -2.53. The molecule has 133 heavy (non-hydrogen) atoms. The molecule has 5 aliphatic heterocycles. The van der Waals surface area contributed by atoms with Crippen LogP contribution < -0.4 is 10.4 Å². The molecule has 5 fully saturated rings. The first-order valence-corrected chi connectivity index (χ1v) is 48.1. The highest BCUT2D eigenvalue weighted by Gasteiger charge is 2.62. The van der Waals surface area contributed by atoms with E-state index in [4.69, 9.17) is 94.4 Å². The quantitative estimate of drug-likeness (QED) is 0.0149. The maximum Gasteiger partial charge on any atom is 0.338 e. The minimum Gasteiger partial charge on any atom is -0.469 e. The normalized spacial score (nSPS) is 26.6. The summed E-state index contributed by atoms with van der Waals surface area (Å²) in [5.74, 6) is -2.33. The number of carbonyl (C=O) groups excluding carboxylic acids is 4. The third kappa shape index (κ3) is 25.9. The van der Waals surface area contributed by atoms with Gasteiger partial charge in [-0.15, -0.1) is 0 Å². The van der Waals surface area contributed by atoms with E-state index in [0.29, 0.717) is 24.8 Å². The molecule has 0 spiro atoms. The molecule has 0 aromatic heterocycles. The van der Waals surface area contributed by atoms with Crippen LogP contribution in [0.2, 0.25) is 5.04 Å². The van der Waals surface area contributed by atoms with Gasteiger partial charge in [0, 0.05) is 25.0 Å². The van der Waals surface area contributed by atoms with Crippen LogP contribution in [0.15, 0.2) is 303 Å². The number of carbonyl (C=O) groups is 4. The van der Waals surface area contributed by atoms with Crippen molar-refractivity contribution in [2.75, 3.05) is 26.9 Å². The van der Waals surface area contributed by atoms with Crippen LogP contribution in [0.3, 0.4) is 0 Å². The van der Waals surface area contributed by atoms with E-state index in [9.17, 15) is 9.59 Å². The third-order valence-electron chi connectivity index (χ3n) is 24.6. The zero-order valence-corrected chi connectivity index (χ0v) is 77.4. The van der Waals surface area contributed by atoms with Crippen molar-refractivity contribution in [3.8, 4) is 0 Å². The molecule has 0 unspecified atom stereocenters. The Labute approximate surface area is 780 Å². The highest BCUT2D eigenvalue weighted by atomic mass is 28.4. The number of fused-ring (bicyclic) bond motifs is 1. The summed E-state index contributed by atoms with van der Waals surface area (Å²) in [6.07, 6.45) is -26.1. The summed E-state index contributed by atoms with van der Waals surface area (Å²) in [5.41, 5.74) is 5.90. The van der Waals surface area contributed by atoms with E-state index in [0.717, 1.165) is 43.8 Å². The van der Waals surface area contributed by atoms with E-state index in [1.165, 1.54) is 14.0 Å². The van der Waals surface area contributed by atoms with E-state index in [1.54, 1.807) is 30.3 Å². The van der Waals surface area contributed by atoms with E-state index >= 15 is 9.59 Å². The van der Waals surface area contributed by atoms with Crippen molar-refractivity contribution in [2.45, 2.75) is 254 Å². The van der Waals surface area contributed by atoms with Crippen molar-refractivity contribution in [1.82, 2.24) is 0 Å². The van der Waals surface area contributed by atoms with Gasteiger partial charge in [-0.1, -0.05) is 318 Å². The number of ketones is 1. The standard InChI is InChI=1S/C108H122O24Si/c1-73(109)62-63-89(111)127-92-87(72-122-133(108(4,5)6,84-57-35-16-36-58-84)85-59-37-17-38-60-85)126-107(101(128-102(112)82-53-31-14-32-54-82)96(92)130-105-98(119-69-80-49-27-12-28-50-80)94(117-67-78-45-23-10-24-46-78)90(74(2)123-105)115-65-76-41-19-8-20-42-76)131-97-93-86(71-121-103(129-93)83-55-33-15-34-56-83)125-104(114-64-40-18-39-61-88(110)113-7)100(97)132-106-99(120-70-81-51-29-13-30-52-81)95(118-68-79-47-25-11-26-48-79)91(75(3)124-106)116-66-77-43-21-9-22-44-77/h8-17,19-38,41-60,74-75,86-87,90-101,103-107H,18,39-40,61-72H2,1-7H3/t74-,75-,86+,87+,90+,91+,92-,93-,94+,95+,96-,97-,98-,99-,100+,101+,103-,104+,105-,106-,107-/m0/s1. The molecule has 5 saturated heterocycles. The molecule has 0 aliphatic carbocycles. The number of ether oxygens (including phenoxy) is 19. The van der Waals surface area contributed by atoms with Crippen LogP contribution >= 0.6 is 0 Å². The summed E-state index contributed by atoms with van der Waals surface area (Å²) < 4.78 is 146. The largest absolute Gasteiger partial charge is 0.469 e. The molecular weight excluding hydrogens is 1710 g/mol. The first-order chi connectivity index (χ1) is 64.9. The molecule has 702 valence electrons. The Morgan fingerprint density at radius 2 is 0.759 bits per heavy atom. The van der Waals surface area contributed by atoms with Crippen molar-refractivity contribution in [1.29, 1.82) is 0 Å². The van der Waals surface area contributed by atoms with Crippen molar-refractivity contribution in [3.63, 3.8) is 0 Å². The van der Waals surface area contributed by atoms with Crippen LogP contribution in [0.5, 0.6) is 0 Å². The first kappa shape index (κ1) is 97.4. The predicted molar refractivity (Wildman–Crippen MR) is 496 cm³/mol. The van der Waals surface area contributed by atoms with Gasteiger partial charge < -0.3 is 99.2 Å². The molecule has 21 atom stereocenters. The molecule has 0 radical (unpaired) electrons. The minimum absolute atomic E-state index is 0.00885. The van der Waals surface area contributed by atoms with Gasteiger partial charge in [-0.3, -0.25) is 9.59 Å². The predicted octanol–water partition coefficient (Wildman–Crippen LogP) is 16.5. The number of hydrogen-bond acceptors (Lipinski definition) is 24. The molecule has 15 rings (SSSR count). The van der Waals surface area contributed by atoms with Gasteiger partial charge in [0.15, 0.2) is 43.7 Å². The monoisotopic (exact) mass is 1830 g/mol. The molecule has 5 heterocycles. The maximum absolute atomic E-state index is 16.1. The molecule has 0 N–H and O–H groups in total. The SMILES string of the molecule is COC(=O)CCCCCO[C@@H]1O[C@@H]2CO[C@H](c3ccccc3)O[C@@H]2[C@H](O[C@@H]2O[C@H](CO[Si](c3ccccc3)(c3ccccc3)C(C)(C)C)[C@H](OC(=O)CCC(C)=O)[C@H](O[C@@H]3O[C@@H](C)[C@@H](OCc4ccccc4)[C@@H](OCc4ccccc4)[C@@H]3OCc3ccccc3)[C@H]2OC(=O)c2ccccc2)[C@H]1O[C@@H]1O[C@@H](C)[C@@H](OCc2ccccc2)[C@@H](OCc2ccccc2)[C@@H]1OCc1ccccc1. The summed E-state index contributed by atoms with van der Waals surface area (Å²) in [6.45, 7) is 11.7. The fourth-order valence-electron chi connectivity index (χ4n) is 17.8. The number of esters is 3. The number of Topliss-reactive ketones (excluding diaryl/α,β-unsaturated/α-hetero) is 1. The highest BCUT2D eigenvalue weighted by molar-refractivity contribution is 6.99. The summed E-state index contributed by atoms with van der Waals surface area (Å²) in [4.78, 5) is 57.6. The molecule has 0 amide bonds. The molecule has 0 saturated carbocycles. The van der Waals surface area contributed by atoms with Crippen LogP contribution in [0, 0.1) is 0 Å². The topological polar surface area (TPSA) is 253 Å². The average molecular weight is 1830 g/mol. The highest BCUT2D eigenvalue weighted by Crippen LogP contribution is 2.45. The van der Waals surface area contributed by atoms with Crippen LogP contribution in [-0.2, 0) is 148 Å². The molecule has 24 nitrogen and oxygen atoms in total. The van der Waals surface area contributed by atoms with Crippen LogP contribution in [-0.4, -0.2) is 182 Å². The Kier molecular flexibility index (Phi) is 35.4. The number of unbranched alkanes of at least 4 members (excludes halogenated alkanes) is 2. The number of methoxy groups -OCH3 is 1. The fraction of sp³-hybridized carbons (Fsp3) is 0.407. The van der Waals surface area contributed by atoms with E-state index < -0.39 is 154 Å². The smallest absolute Gasteiger partial charge is 0.338 e.